The SMILES string of the molecule is CC(C)C1CCC(N)C(N(C)C(C)C(C)C)C1. The van der Waals surface area contributed by atoms with Crippen LogP contribution < -0.4 is 5.73 Å². The highest BCUT2D eigenvalue weighted by molar-refractivity contribution is 4.91. The molecule has 0 aliphatic heterocycles. The highest BCUT2D eigenvalue weighted by atomic mass is 15.2. The normalized spacial score (nSPS) is 32.5. The lowest BCUT2D eigenvalue weighted by Crippen LogP contribution is -2.54. The van der Waals surface area contributed by atoms with Gasteiger partial charge in [-0.15, -0.1) is 0 Å². The molecule has 1 aliphatic carbocycles. The van der Waals surface area contributed by atoms with Gasteiger partial charge >= 0.3 is 0 Å². The quantitative estimate of drug-likeness (QED) is 0.818. The molecule has 17 heavy (non-hydrogen) atoms. The molecule has 0 aromatic rings. The minimum atomic E-state index is 0.371. The van der Waals surface area contributed by atoms with Gasteiger partial charge in [-0.05, 0) is 51.0 Å². The third-order valence-electron chi connectivity index (χ3n) is 4.98. The number of hydrogen-bond donors (Lipinski definition) is 1. The number of nitrogens with two attached hydrogens (primary N) is 1. The van der Waals surface area contributed by atoms with Crippen LogP contribution in [0.15, 0.2) is 0 Å². The first-order valence-corrected chi connectivity index (χ1v) is 7.32. The summed E-state index contributed by atoms with van der Waals surface area (Å²) in [6, 6.07) is 1.57. The van der Waals surface area contributed by atoms with Gasteiger partial charge in [-0.2, -0.15) is 0 Å². The van der Waals surface area contributed by atoms with E-state index in [1.165, 1.54) is 19.3 Å². The lowest BCUT2D eigenvalue weighted by molar-refractivity contribution is 0.0732. The Morgan fingerprint density at radius 1 is 1.06 bits per heavy atom. The molecular formula is C15H32N2. The molecule has 0 radical (unpaired) electrons. The molecular weight excluding hydrogens is 208 g/mol. The maximum absolute atomic E-state index is 6.34. The Kier molecular flexibility index (Phi) is 5.46. The van der Waals surface area contributed by atoms with Crippen molar-refractivity contribution in [2.75, 3.05) is 7.05 Å². The highest BCUT2D eigenvalue weighted by Crippen LogP contribution is 2.32. The van der Waals surface area contributed by atoms with Crippen molar-refractivity contribution in [2.24, 2.45) is 23.5 Å². The molecule has 1 saturated carbocycles. The summed E-state index contributed by atoms with van der Waals surface area (Å²) < 4.78 is 0. The summed E-state index contributed by atoms with van der Waals surface area (Å²) in [4.78, 5) is 2.53. The van der Waals surface area contributed by atoms with Crippen LogP contribution in [0.2, 0.25) is 0 Å². The van der Waals surface area contributed by atoms with Crippen molar-refractivity contribution >= 4 is 0 Å². The molecule has 1 rings (SSSR count). The molecule has 2 N–H and O–H groups in total. The second-order valence-electron chi connectivity index (χ2n) is 6.70. The Bertz CT molecular complexity index is 219. The van der Waals surface area contributed by atoms with E-state index in [9.17, 15) is 0 Å². The molecule has 1 fully saturated rings. The van der Waals surface area contributed by atoms with Crippen LogP contribution >= 0.6 is 0 Å². The van der Waals surface area contributed by atoms with Gasteiger partial charge < -0.3 is 5.73 Å². The lowest BCUT2D eigenvalue weighted by atomic mass is 9.76. The van der Waals surface area contributed by atoms with E-state index in [1.807, 2.05) is 0 Å². The molecule has 0 saturated heterocycles. The fourth-order valence-corrected chi connectivity index (χ4v) is 3.05. The fourth-order valence-electron chi connectivity index (χ4n) is 3.05. The van der Waals surface area contributed by atoms with E-state index in [4.69, 9.17) is 5.73 Å². The van der Waals surface area contributed by atoms with Crippen LogP contribution in [-0.2, 0) is 0 Å². The Balaban J connectivity index is 2.66. The smallest absolute Gasteiger partial charge is 0.0249 e. The van der Waals surface area contributed by atoms with Crippen LogP contribution in [-0.4, -0.2) is 30.1 Å². The van der Waals surface area contributed by atoms with Crippen LogP contribution in [0.4, 0.5) is 0 Å². The van der Waals surface area contributed by atoms with Crippen molar-refractivity contribution in [3.63, 3.8) is 0 Å². The molecule has 0 spiro atoms. The third kappa shape index (κ3) is 3.69. The van der Waals surface area contributed by atoms with E-state index < -0.39 is 0 Å². The van der Waals surface area contributed by atoms with Gasteiger partial charge in [0.25, 0.3) is 0 Å². The maximum atomic E-state index is 6.34. The standard InChI is InChI=1S/C15H32N2/c1-10(2)12(5)17(6)15-9-13(11(3)4)7-8-14(15)16/h10-15H,7-9,16H2,1-6H3. The topological polar surface area (TPSA) is 29.3 Å². The van der Waals surface area contributed by atoms with Crippen molar-refractivity contribution in [3.8, 4) is 0 Å². The van der Waals surface area contributed by atoms with E-state index in [2.05, 4.69) is 46.6 Å². The van der Waals surface area contributed by atoms with E-state index in [-0.39, 0.29) is 0 Å². The predicted octanol–water partition coefficient (Wildman–Crippen LogP) is 3.11. The molecule has 2 nitrogen and oxygen atoms in total. The van der Waals surface area contributed by atoms with Crippen molar-refractivity contribution < 1.29 is 0 Å². The summed E-state index contributed by atoms with van der Waals surface area (Å²) in [6.07, 6.45) is 3.80. The second-order valence-corrected chi connectivity index (χ2v) is 6.70. The first-order valence-electron chi connectivity index (χ1n) is 7.32. The Morgan fingerprint density at radius 3 is 2.12 bits per heavy atom. The Morgan fingerprint density at radius 2 is 1.65 bits per heavy atom. The molecule has 0 aromatic heterocycles. The average Bonchev–Trinajstić information content (AvgIpc) is 2.27. The third-order valence-corrected chi connectivity index (χ3v) is 4.98. The summed E-state index contributed by atoms with van der Waals surface area (Å²) in [5.74, 6) is 2.36. The van der Waals surface area contributed by atoms with E-state index in [0.717, 1.165) is 11.8 Å². The average molecular weight is 240 g/mol. The van der Waals surface area contributed by atoms with Gasteiger partial charge in [0, 0.05) is 18.1 Å². The number of nitrogens with zero attached hydrogens (tertiary/aromatic N) is 1. The van der Waals surface area contributed by atoms with Crippen molar-refractivity contribution in [3.05, 3.63) is 0 Å². The van der Waals surface area contributed by atoms with E-state index >= 15 is 0 Å². The zero-order valence-electron chi connectivity index (χ0n) is 12.6. The number of likely N-dealkylation sites (N-methyl/N-ethyl adjacent to an activating group) is 1. The molecule has 1 aliphatic rings. The van der Waals surface area contributed by atoms with E-state index in [1.54, 1.807) is 0 Å². The van der Waals surface area contributed by atoms with Gasteiger partial charge in [0.1, 0.15) is 0 Å². The number of hydrogen-bond acceptors (Lipinski definition) is 2. The van der Waals surface area contributed by atoms with Gasteiger partial charge in [0.2, 0.25) is 0 Å². The van der Waals surface area contributed by atoms with Gasteiger partial charge in [-0.1, -0.05) is 27.7 Å². The van der Waals surface area contributed by atoms with Crippen LogP contribution in [0.1, 0.15) is 53.9 Å². The minimum absolute atomic E-state index is 0.371. The highest BCUT2D eigenvalue weighted by Gasteiger charge is 2.34. The molecule has 102 valence electrons. The van der Waals surface area contributed by atoms with E-state index in [0.29, 0.717) is 24.0 Å². The fraction of sp³-hybridized carbons (Fsp3) is 1.00. The van der Waals surface area contributed by atoms with Crippen molar-refractivity contribution in [1.82, 2.24) is 4.90 Å². The van der Waals surface area contributed by atoms with Gasteiger partial charge in [-0.3, -0.25) is 4.90 Å². The first kappa shape index (κ1) is 15.0. The summed E-state index contributed by atoms with van der Waals surface area (Å²) in [7, 11) is 2.26. The summed E-state index contributed by atoms with van der Waals surface area (Å²) in [5.41, 5.74) is 6.34. The largest absolute Gasteiger partial charge is 0.326 e. The predicted molar refractivity (Wildman–Crippen MR) is 76.0 cm³/mol. The molecule has 4 atom stereocenters. The monoisotopic (exact) mass is 240 g/mol. The maximum Gasteiger partial charge on any atom is 0.0249 e. The minimum Gasteiger partial charge on any atom is -0.326 e. The van der Waals surface area contributed by atoms with Crippen molar-refractivity contribution in [1.29, 1.82) is 0 Å². The van der Waals surface area contributed by atoms with Crippen LogP contribution in [0.5, 0.6) is 0 Å². The molecule has 0 bridgehead atoms. The molecule has 2 heteroatoms. The summed E-state index contributed by atoms with van der Waals surface area (Å²) in [5, 5.41) is 0. The van der Waals surface area contributed by atoms with Gasteiger partial charge in [0.05, 0.1) is 0 Å². The Labute approximate surface area is 108 Å². The Hall–Kier alpha value is -0.0800. The zero-order chi connectivity index (χ0) is 13.2. The molecule has 4 unspecified atom stereocenters. The van der Waals surface area contributed by atoms with Gasteiger partial charge in [0.15, 0.2) is 0 Å². The molecule has 0 heterocycles. The zero-order valence-corrected chi connectivity index (χ0v) is 12.6. The van der Waals surface area contributed by atoms with Crippen molar-refractivity contribution in [2.45, 2.75) is 72.0 Å². The van der Waals surface area contributed by atoms with Gasteiger partial charge in [-0.25, -0.2) is 0 Å². The first-order chi connectivity index (χ1) is 7.84. The second kappa shape index (κ2) is 6.19. The van der Waals surface area contributed by atoms with Crippen LogP contribution in [0.3, 0.4) is 0 Å². The summed E-state index contributed by atoms with van der Waals surface area (Å²) in [6.45, 7) is 11.6. The van der Waals surface area contributed by atoms with Crippen LogP contribution in [0.25, 0.3) is 0 Å². The number of rotatable bonds is 4. The summed E-state index contributed by atoms with van der Waals surface area (Å²) >= 11 is 0. The lowest BCUT2D eigenvalue weighted by Gasteiger charge is -2.44. The molecule has 0 amide bonds. The van der Waals surface area contributed by atoms with Crippen LogP contribution in [0, 0.1) is 17.8 Å². The molecule has 0 aromatic carbocycles.